The van der Waals surface area contributed by atoms with Crippen LogP contribution in [0.25, 0.3) is 0 Å². The molecule has 2 aromatic carbocycles. The van der Waals surface area contributed by atoms with Gasteiger partial charge in [-0.2, -0.15) is 5.26 Å². The Labute approximate surface area is 131 Å². The summed E-state index contributed by atoms with van der Waals surface area (Å²) in [4.78, 5) is 2.06. The zero-order valence-corrected chi connectivity index (χ0v) is 12.7. The molecule has 0 saturated carbocycles. The molecule has 0 fully saturated rings. The zero-order chi connectivity index (χ0) is 15.9. The molecule has 0 aliphatic rings. The third-order valence-corrected chi connectivity index (χ3v) is 3.22. The van der Waals surface area contributed by atoms with E-state index in [0.717, 1.165) is 22.6 Å². The van der Waals surface area contributed by atoms with Crippen molar-refractivity contribution in [3.63, 3.8) is 0 Å². The molecule has 0 bridgehead atoms. The molecule has 0 aliphatic heterocycles. The summed E-state index contributed by atoms with van der Waals surface area (Å²) in [6, 6.07) is 18.0. The van der Waals surface area contributed by atoms with Crippen molar-refractivity contribution in [1.82, 2.24) is 0 Å². The minimum atomic E-state index is 0.637. The molecular formula is C20H18N2. The Kier molecular flexibility index (Phi) is 4.95. The summed E-state index contributed by atoms with van der Waals surface area (Å²) in [6.45, 7) is 9.64. The van der Waals surface area contributed by atoms with Crippen LogP contribution in [0, 0.1) is 18.3 Å². The molecule has 0 saturated heterocycles. The van der Waals surface area contributed by atoms with Gasteiger partial charge in [0.25, 0.3) is 0 Å². The Hall–Kier alpha value is -3.05. The second kappa shape index (κ2) is 7.10. The second-order valence-electron chi connectivity index (χ2n) is 4.87. The minimum absolute atomic E-state index is 0.637. The standard InChI is InChI=1S/C20H18N2/c1-4-9-18(5-2)22(19-10-7-6-8-11-19)20-13-16(3)12-17(14-20)15-21/h4-14H,1-2H2,3H3/b18-9+. The van der Waals surface area contributed by atoms with Gasteiger partial charge in [-0.1, -0.05) is 37.4 Å². The van der Waals surface area contributed by atoms with Gasteiger partial charge < -0.3 is 4.90 Å². The molecule has 2 heteroatoms. The maximum Gasteiger partial charge on any atom is 0.0992 e. The average molecular weight is 286 g/mol. The van der Waals surface area contributed by atoms with Crippen LogP contribution in [0.2, 0.25) is 0 Å². The Morgan fingerprint density at radius 1 is 1.09 bits per heavy atom. The Balaban J connectivity index is 2.66. The number of nitrogens with zero attached hydrogens (tertiary/aromatic N) is 2. The Bertz CT molecular complexity index is 749. The van der Waals surface area contributed by atoms with Crippen LogP contribution in [-0.2, 0) is 0 Å². The third-order valence-electron chi connectivity index (χ3n) is 3.22. The Morgan fingerprint density at radius 2 is 1.82 bits per heavy atom. The van der Waals surface area contributed by atoms with E-state index < -0.39 is 0 Å². The highest BCUT2D eigenvalue weighted by Gasteiger charge is 2.13. The van der Waals surface area contributed by atoms with Crippen molar-refractivity contribution in [1.29, 1.82) is 5.26 Å². The van der Waals surface area contributed by atoms with E-state index >= 15 is 0 Å². The molecule has 2 nitrogen and oxygen atoms in total. The fourth-order valence-electron chi connectivity index (χ4n) is 2.34. The molecule has 0 unspecified atom stereocenters. The van der Waals surface area contributed by atoms with Crippen molar-refractivity contribution in [2.24, 2.45) is 0 Å². The van der Waals surface area contributed by atoms with Gasteiger partial charge in [-0.25, -0.2) is 0 Å². The number of allylic oxidation sites excluding steroid dienone is 3. The summed E-state index contributed by atoms with van der Waals surface area (Å²) >= 11 is 0. The molecule has 0 amide bonds. The van der Waals surface area contributed by atoms with Crippen LogP contribution in [-0.4, -0.2) is 0 Å². The molecular weight excluding hydrogens is 268 g/mol. The van der Waals surface area contributed by atoms with E-state index in [1.807, 2.05) is 61.5 Å². The van der Waals surface area contributed by atoms with Gasteiger partial charge in [-0.05, 0) is 55.0 Å². The number of hydrogen-bond acceptors (Lipinski definition) is 2. The zero-order valence-electron chi connectivity index (χ0n) is 12.7. The van der Waals surface area contributed by atoms with Crippen LogP contribution in [0.1, 0.15) is 11.1 Å². The maximum atomic E-state index is 9.22. The number of rotatable bonds is 5. The van der Waals surface area contributed by atoms with Gasteiger partial charge in [0.05, 0.1) is 11.6 Å². The SMILES string of the molecule is C=C/C=C(\C=C)N(c1ccccc1)c1cc(C)cc(C#N)c1. The third kappa shape index (κ3) is 3.34. The lowest BCUT2D eigenvalue weighted by Gasteiger charge is -2.26. The van der Waals surface area contributed by atoms with Gasteiger partial charge in [0, 0.05) is 17.1 Å². The molecule has 108 valence electrons. The molecule has 2 rings (SSSR count). The topological polar surface area (TPSA) is 27.0 Å². The molecule has 0 radical (unpaired) electrons. The van der Waals surface area contributed by atoms with Gasteiger partial charge in [0.1, 0.15) is 0 Å². The van der Waals surface area contributed by atoms with Crippen molar-refractivity contribution in [3.05, 3.63) is 96.7 Å². The number of aryl methyl sites for hydroxylation is 1. The fourth-order valence-corrected chi connectivity index (χ4v) is 2.34. The first kappa shape index (κ1) is 15.3. The van der Waals surface area contributed by atoms with Gasteiger partial charge in [0.2, 0.25) is 0 Å². The molecule has 0 heterocycles. The van der Waals surface area contributed by atoms with Gasteiger partial charge >= 0.3 is 0 Å². The van der Waals surface area contributed by atoms with E-state index in [4.69, 9.17) is 0 Å². The first-order valence-corrected chi connectivity index (χ1v) is 7.01. The predicted molar refractivity (Wildman–Crippen MR) is 93.0 cm³/mol. The molecule has 0 aromatic heterocycles. The second-order valence-corrected chi connectivity index (χ2v) is 4.87. The van der Waals surface area contributed by atoms with Crippen molar-refractivity contribution >= 4 is 11.4 Å². The van der Waals surface area contributed by atoms with E-state index in [9.17, 15) is 5.26 Å². The van der Waals surface area contributed by atoms with Crippen molar-refractivity contribution < 1.29 is 0 Å². The summed E-state index contributed by atoms with van der Waals surface area (Å²) < 4.78 is 0. The first-order chi connectivity index (χ1) is 10.7. The van der Waals surface area contributed by atoms with Gasteiger partial charge in [-0.15, -0.1) is 0 Å². The highest BCUT2D eigenvalue weighted by Crippen LogP contribution is 2.31. The highest BCUT2D eigenvalue weighted by molar-refractivity contribution is 5.71. The maximum absolute atomic E-state index is 9.22. The lowest BCUT2D eigenvalue weighted by molar-refractivity contribution is 1.20. The average Bonchev–Trinajstić information content (AvgIpc) is 2.54. The molecule has 0 spiro atoms. The lowest BCUT2D eigenvalue weighted by Crippen LogP contribution is -2.15. The van der Waals surface area contributed by atoms with Crippen molar-refractivity contribution in [2.75, 3.05) is 4.90 Å². The van der Waals surface area contributed by atoms with Gasteiger partial charge in [0.15, 0.2) is 0 Å². The summed E-state index contributed by atoms with van der Waals surface area (Å²) in [6.07, 6.45) is 5.41. The van der Waals surface area contributed by atoms with Crippen LogP contribution < -0.4 is 4.90 Å². The van der Waals surface area contributed by atoms with Crippen LogP contribution in [0.3, 0.4) is 0 Å². The van der Waals surface area contributed by atoms with E-state index in [-0.39, 0.29) is 0 Å². The summed E-state index contributed by atoms with van der Waals surface area (Å²) in [5.74, 6) is 0. The molecule has 0 aliphatic carbocycles. The normalized spacial score (nSPS) is 10.6. The number of hydrogen-bond donors (Lipinski definition) is 0. The molecule has 22 heavy (non-hydrogen) atoms. The van der Waals surface area contributed by atoms with E-state index in [2.05, 4.69) is 24.1 Å². The number of benzene rings is 2. The van der Waals surface area contributed by atoms with E-state index in [0.29, 0.717) is 5.56 Å². The molecule has 2 aromatic rings. The smallest absolute Gasteiger partial charge is 0.0992 e. The monoisotopic (exact) mass is 286 g/mol. The van der Waals surface area contributed by atoms with Crippen molar-refractivity contribution in [3.8, 4) is 6.07 Å². The number of anilines is 2. The number of para-hydroxylation sites is 1. The predicted octanol–water partition coefficient (Wildman–Crippen LogP) is 5.26. The van der Waals surface area contributed by atoms with E-state index in [1.54, 1.807) is 12.2 Å². The molecule has 0 N–H and O–H groups in total. The minimum Gasteiger partial charge on any atom is -0.310 e. The summed E-state index contributed by atoms with van der Waals surface area (Å²) in [5, 5.41) is 9.22. The first-order valence-electron chi connectivity index (χ1n) is 7.01. The van der Waals surface area contributed by atoms with Crippen LogP contribution >= 0.6 is 0 Å². The summed E-state index contributed by atoms with van der Waals surface area (Å²) in [5.41, 5.74) is 4.51. The fraction of sp³-hybridized carbons (Fsp3) is 0.0500. The van der Waals surface area contributed by atoms with Crippen LogP contribution in [0.5, 0.6) is 0 Å². The number of nitriles is 1. The summed E-state index contributed by atoms with van der Waals surface area (Å²) in [7, 11) is 0. The largest absolute Gasteiger partial charge is 0.310 e. The van der Waals surface area contributed by atoms with Gasteiger partial charge in [-0.3, -0.25) is 0 Å². The van der Waals surface area contributed by atoms with E-state index in [1.165, 1.54) is 0 Å². The molecule has 0 atom stereocenters. The lowest BCUT2D eigenvalue weighted by atomic mass is 10.1. The van der Waals surface area contributed by atoms with Crippen LogP contribution in [0.4, 0.5) is 11.4 Å². The quantitative estimate of drug-likeness (QED) is 0.701. The van der Waals surface area contributed by atoms with Crippen molar-refractivity contribution in [2.45, 2.75) is 6.92 Å². The Morgan fingerprint density at radius 3 is 2.41 bits per heavy atom. The highest BCUT2D eigenvalue weighted by atomic mass is 15.1. The van der Waals surface area contributed by atoms with Crippen LogP contribution in [0.15, 0.2) is 85.6 Å².